The second-order valence-corrected chi connectivity index (χ2v) is 6.34. The summed E-state index contributed by atoms with van der Waals surface area (Å²) in [7, 11) is 1.62. The molecule has 1 aromatic carbocycles. The van der Waals surface area contributed by atoms with Crippen molar-refractivity contribution < 1.29 is 9.53 Å². The maximum absolute atomic E-state index is 12.6. The molecular weight excluding hydrogens is 328 g/mol. The Bertz CT molecular complexity index is 836. The molecule has 1 fully saturated rings. The van der Waals surface area contributed by atoms with E-state index in [2.05, 4.69) is 16.0 Å². The number of hydrogen-bond acceptors (Lipinski definition) is 5. The van der Waals surface area contributed by atoms with Crippen LogP contribution in [0, 0.1) is 18.3 Å². The Labute approximate surface area is 153 Å². The molecule has 1 saturated heterocycles. The second-order valence-electron chi connectivity index (χ2n) is 6.34. The van der Waals surface area contributed by atoms with E-state index in [-0.39, 0.29) is 5.91 Å². The fourth-order valence-electron chi connectivity index (χ4n) is 3.06. The molecule has 6 heteroatoms. The largest absolute Gasteiger partial charge is 0.497 e. The molecule has 0 atom stereocenters. The predicted octanol–water partition coefficient (Wildman–Crippen LogP) is 2.16. The molecule has 134 valence electrons. The third-order valence-corrected chi connectivity index (χ3v) is 4.63. The van der Waals surface area contributed by atoms with Crippen LogP contribution in [0.3, 0.4) is 0 Å². The molecule has 0 N–H and O–H groups in total. The molecule has 6 nitrogen and oxygen atoms in total. The SMILES string of the molecule is COc1cccc(CC(=O)N2CCN(c3ccc(C)c(C#N)n3)CC2)c1. The molecule has 1 aromatic heterocycles. The number of methoxy groups -OCH3 is 1. The van der Waals surface area contributed by atoms with Gasteiger partial charge in [-0.15, -0.1) is 0 Å². The molecule has 1 aliphatic heterocycles. The van der Waals surface area contributed by atoms with Crippen molar-refractivity contribution in [3.05, 3.63) is 53.2 Å². The third-order valence-electron chi connectivity index (χ3n) is 4.63. The Morgan fingerprint density at radius 3 is 2.69 bits per heavy atom. The van der Waals surface area contributed by atoms with Gasteiger partial charge in [0.15, 0.2) is 0 Å². The number of pyridine rings is 1. The molecule has 0 spiro atoms. The molecule has 0 radical (unpaired) electrons. The summed E-state index contributed by atoms with van der Waals surface area (Å²) < 4.78 is 5.21. The zero-order valence-electron chi connectivity index (χ0n) is 15.1. The molecule has 0 aliphatic carbocycles. The number of aryl methyl sites for hydroxylation is 1. The summed E-state index contributed by atoms with van der Waals surface area (Å²) >= 11 is 0. The van der Waals surface area contributed by atoms with Gasteiger partial charge in [0.2, 0.25) is 5.91 Å². The van der Waals surface area contributed by atoms with Gasteiger partial charge in [-0.25, -0.2) is 4.98 Å². The minimum atomic E-state index is 0.118. The molecule has 2 aromatic rings. The zero-order chi connectivity index (χ0) is 18.5. The summed E-state index contributed by atoms with van der Waals surface area (Å²) in [4.78, 5) is 21.0. The van der Waals surface area contributed by atoms with Crippen LogP contribution in [-0.2, 0) is 11.2 Å². The lowest BCUT2D eigenvalue weighted by atomic mass is 10.1. The van der Waals surface area contributed by atoms with Crippen molar-refractivity contribution in [2.75, 3.05) is 38.2 Å². The number of carbonyl (C=O) groups is 1. The molecule has 26 heavy (non-hydrogen) atoms. The van der Waals surface area contributed by atoms with Crippen molar-refractivity contribution in [2.24, 2.45) is 0 Å². The first-order valence-electron chi connectivity index (χ1n) is 8.64. The van der Waals surface area contributed by atoms with Crippen molar-refractivity contribution in [2.45, 2.75) is 13.3 Å². The Balaban J connectivity index is 1.59. The van der Waals surface area contributed by atoms with Crippen LogP contribution in [0.4, 0.5) is 5.82 Å². The molecule has 3 rings (SSSR count). The van der Waals surface area contributed by atoms with Crippen molar-refractivity contribution in [3.8, 4) is 11.8 Å². The van der Waals surface area contributed by atoms with E-state index in [1.54, 1.807) is 7.11 Å². The summed E-state index contributed by atoms with van der Waals surface area (Å²) in [5.74, 6) is 1.68. The molecular formula is C20H22N4O2. The number of aromatic nitrogens is 1. The highest BCUT2D eigenvalue weighted by Gasteiger charge is 2.22. The number of amides is 1. The lowest BCUT2D eigenvalue weighted by molar-refractivity contribution is -0.130. The van der Waals surface area contributed by atoms with Gasteiger partial charge in [-0.05, 0) is 36.2 Å². The summed E-state index contributed by atoms with van der Waals surface area (Å²) in [5, 5.41) is 9.14. The molecule has 0 bridgehead atoms. The molecule has 0 saturated carbocycles. The average Bonchev–Trinajstić information content (AvgIpc) is 2.68. The normalized spacial score (nSPS) is 14.0. The first-order chi connectivity index (χ1) is 12.6. The smallest absolute Gasteiger partial charge is 0.227 e. The highest BCUT2D eigenvalue weighted by molar-refractivity contribution is 5.79. The summed E-state index contributed by atoms with van der Waals surface area (Å²) in [6.07, 6.45) is 0.374. The van der Waals surface area contributed by atoms with Crippen LogP contribution in [0.1, 0.15) is 16.8 Å². The Hall–Kier alpha value is -3.07. The van der Waals surface area contributed by atoms with E-state index >= 15 is 0 Å². The number of carbonyl (C=O) groups excluding carboxylic acids is 1. The van der Waals surface area contributed by atoms with Gasteiger partial charge in [0.05, 0.1) is 13.5 Å². The minimum Gasteiger partial charge on any atom is -0.497 e. The maximum atomic E-state index is 12.6. The second kappa shape index (κ2) is 7.87. The summed E-state index contributed by atoms with van der Waals surface area (Å²) in [5.41, 5.74) is 2.29. The molecule has 0 unspecified atom stereocenters. The zero-order valence-corrected chi connectivity index (χ0v) is 15.1. The number of anilines is 1. The van der Waals surface area contributed by atoms with Gasteiger partial charge < -0.3 is 14.5 Å². The lowest BCUT2D eigenvalue weighted by Crippen LogP contribution is -2.49. The van der Waals surface area contributed by atoms with E-state index in [4.69, 9.17) is 10.00 Å². The Morgan fingerprint density at radius 2 is 2.00 bits per heavy atom. The first kappa shape index (κ1) is 17.7. The fourth-order valence-corrected chi connectivity index (χ4v) is 3.06. The number of piperazine rings is 1. The van der Waals surface area contributed by atoms with E-state index in [0.717, 1.165) is 22.7 Å². The standard InChI is InChI=1S/C20H22N4O2/c1-15-6-7-19(22-18(15)14-21)23-8-10-24(11-9-23)20(25)13-16-4-3-5-17(12-16)26-2/h3-7,12H,8-11,13H2,1-2H3. The van der Waals surface area contributed by atoms with E-state index in [9.17, 15) is 4.79 Å². The van der Waals surface area contributed by atoms with Gasteiger partial charge in [-0.3, -0.25) is 4.79 Å². The predicted molar refractivity (Wildman–Crippen MR) is 99.2 cm³/mol. The van der Waals surface area contributed by atoms with Crippen molar-refractivity contribution in [1.82, 2.24) is 9.88 Å². The van der Waals surface area contributed by atoms with Crippen LogP contribution in [0.5, 0.6) is 5.75 Å². The van der Waals surface area contributed by atoms with Crippen molar-refractivity contribution in [3.63, 3.8) is 0 Å². The maximum Gasteiger partial charge on any atom is 0.227 e. The minimum absolute atomic E-state index is 0.118. The van der Waals surface area contributed by atoms with Crippen LogP contribution in [0.15, 0.2) is 36.4 Å². The third kappa shape index (κ3) is 3.94. The van der Waals surface area contributed by atoms with E-state index in [1.165, 1.54) is 0 Å². The lowest BCUT2D eigenvalue weighted by Gasteiger charge is -2.35. The number of benzene rings is 1. The van der Waals surface area contributed by atoms with Gasteiger partial charge >= 0.3 is 0 Å². The van der Waals surface area contributed by atoms with Gasteiger partial charge in [-0.2, -0.15) is 5.26 Å². The van der Waals surface area contributed by atoms with Crippen molar-refractivity contribution >= 4 is 11.7 Å². The van der Waals surface area contributed by atoms with Gasteiger partial charge in [0, 0.05) is 26.2 Å². The van der Waals surface area contributed by atoms with Crippen LogP contribution < -0.4 is 9.64 Å². The van der Waals surface area contributed by atoms with E-state index in [1.807, 2.05) is 48.2 Å². The van der Waals surface area contributed by atoms with Crippen LogP contribution in [-0.4, -0.2) is 49.1 Å². The summed E-state index contributed by atoms with van der Waals surface area (Å²) in [6.45, 7) is 4.61. The average molecular weight is 350 g/mol. The van der Waals surface area contributed by atoms with Gasteiger partial charge in [0.1, 0.15) is 23.3 Å². The number of rotatable bonds is 4. The monoisotopic (exact) mass is 350 g/mol. The number of nitriles is 1. The van der Waals surface area contributed by atoms with E-state index in [0.29, 0.717) is 38.3 Å². The highest BCUT2D eigenvalue weighted by Crippen LogP contribution is 2.18. The number of nitrogens with zero attached hydrogens (tertiary/aromatic N) is 4. The first-order valence-corrected chi connectivity index (χ1v) is 8.64. The summed E-state index contributed by atoms with van der Waals surface area (Å²) in [6, 6.07) is 13.6. The molecule has 2 heterocycles. The van der Waals surface area contributed by atoms with E-state index < -0.39 is 0 Å². The fraction of sp³-hybridized carbons (Fsp3) is 0.350. The van der Waals surface area contributed by atoms with Crippen LogP contribution in [0.25, 0.3) is 0 Å². The Morgan fingerprint density at radius 1 is 1.23 bits per heavy atom. The Kier molecular flexibility index (Phi) is 5.37. The number of ether oxygens (including phenoxy) is 1. The van der Waals surface area contributed by atoms with Crippen LogP contribution >= 0.6 is 0 Å². The number of hydrogen-bond donors (Lipinski definition) is 0. The molecule has 1 aliphatic rings. The topological polar surface area (TPSA) is 69.5 Å². The van der Waals surface area contributed by atoms with Gasteiger partial charge in [-0.1, -0.05) is 18.2 Å². The molecule has 1 amide bonds. The quantitative estimate of drug-likeness (QED) is 0.845. The van der Waals surface area contributed by atoms with Crippen molar-refractivity contribution in [1.29, 1.82) is 5.26 Å². The highest BCUT2D eigenvalue weighted by atomic mass is 16.5. The van der Waals surface area contributed by atoms with Crippen LogP contribution in [0.2, 0.25) is 0 Å². The van der Waals surface area contributed by atoms with Gasteiger partial charge in [0.25, 0.3) is 0 Å².